The van der Waals surface area contributed by atoms with Gasteiger partial charge < -0.3 is 14.8 Å². The van der Waals surface area contributed by atoms with Crippen LogP contribution in [-0.4, -0.2) is 25.8 Å². The highest BCUT2D eigenvalue weighted by Crippen LogP contribution is 2.30. The minimum absolute atomic E-state index is 0.185. The van der Waals surface area contributed by atoms with Gasteiger partial charge in [-0.25, -0.2) is 0 Å². The van der Waals surface area contributed by atoms with Crippen molar-refractivity contribution >= 4 is 0 Å². The minimum Gasteiger partial charge on any atom is -0.486 e. The van der Waals surface area contributed by atoms with Crippen LogP contribution in [0.3, 0.4) is 0 Å². The highest BCUT2D eigenvalue weighted by molar-refractivity contribution is 5.40. The van der Waals surface area contributed by atoms with Gasteiger partial charge in [-0.1, -0.05) is 12.1 Å². The van der Waals surface area contributed by atoms with E-state index in [-0.39, 0.29) is 6.10 Å². The number of para-hydroxylation sites is 2. The van der Waals surface area contributed by atoms with Crippen LogP contribution in [0.1, 0.15) is 6.92 Å². The molecule has 0 fully saturated rings. The number of ether oxygens (including phenoxy) is 2. The molecule has 2 rings (SSSR count). The molecule has 1 aliphatic rings. The van der Waals surface area contributed by atoms with Crippen LogP contribution in [0.25, 0.3) is 0 Å². The van der Waals surface area contributed by atoms with Crippen LogP contribution in [-0.2, 0) is 0 Å². The van der Waals surface area contributed by atoms with Gasteiger partial charge in [0.25, 0.3) is 0 Å². The number of fused-ring (bicyclic) bond motifs is 1. The van der Waals surface area contributed by atoms with Crippen LogP contribution >= 0.6 is 0 Å². The van der Waals surface area contributed by atoms with Crippen molar-refractivity contribution in [2.75, 3.05) is 19.7 Å². The molecule has 0 bridgehead atoms. The Bertz CT molecular complexity index is 301. The van der Waals surface area contributed by atoms with Crippen molar-refractivity contribution < 1.29 is 14.8 Å². The smallest absolute Gasteiger partial charge is 0.181 e. The fourth-order valence-electron chi connectivity index (χ4n) is 1.53. The Balaban J connectivity index is 1.99. The van der Waals surface area contributed by atoms with E-state index < -0.39 is 0 Å². The molecular formula is C11H16NO2+. The maximum Gasteiger partial charge on any atom is 0.181 e. The number of likely N-dealkylation sites (N-methyl/N-ethyl adjacent to an activating group) is 1. The third kappa shape index (κ3) is 1.99. The summed E-state index contributed by atoms with van der Waals surface area (Å²) in [4.78, 5) is 0. The second kappa shape index (κ2) is 4.33. The molecule has 14 heavy (non-hydrogen) atoms. The quantitative estimate of drug-likeness (QED) is 0.756. The normalized spacial score (nSPS) is 19.4. The molecule has 0 saturated heterocycles. The van der Waals surface area contributed by atoms with E-state index in [1.54, 1.807) is 0 Å². The monoisotopic (exact) mass is 194 g/mol. The number of benzene rings is 1. The molecule has 1 aliphatic heterocycles. The Hall–Kier alpha value is -1.22. The Morgan fingerprint density at radius 1 is 1.36 bits per heavy atom. The molecule has 0 amide bonds. The van der Waals surface area contributed by atoms with E-state index in [0.717, 1.165) is 24.6 Å². The maximum atomic E-state index is 5.78. The lowest BCUT2D eigenvalue weighted by Crippen LogP contribution is -2.86. The Kier molecular flexibility index (Phi) is 2.89. The third-order valence-corrected chi connectivity index (χ3v) is 2.29. The molecule has 0 radical (unpaired) electrons. The maximum absolute atomic E-state index is 5.78. The van der Waals surface area contributed by atoms with Crippen molar-refractivity contribution in [3.63, 3.8) is 0 Å². The molecule has 0 aliphatic carbocycles. The van der Waals surface area contributed by atoms with E-state index in [1.165, 1.54) is 0 Å². The topological polar surface area (TPSA) is 35.1 Å². The van der Waals surface area contributed by atoms with Gasteiger partial charge in [0.2, 0.25) is 0 Å². The molecule has 1 heterocycles. The van der Waals surface area contributed by atoms with E-state index in [0.29, 0.717) is 6.61 Å². The van der Waals surface area contributed by atoms with Gasteiger partial charge in [-0.2, -0.15) is 0 Å². The average Bonchev–Trinajstić information content (AvgIpc) is 2.26. The van der Waals surface area contributed by atoms with E-state index >= 15 is 0 Å². The molecule has 0 spiro atoms. The van der Waals surface area contributed by atoms with Crippen molar-refractivity contribution in [3.05, 3.63) is 24.3 Å². The zero-order valence-corrected chi connectivity index (χ0v) is 8.40. The second-order valence-electron chi connectivity index (χ2n) is 3.43. The number of hydrogen-bond acceptors (Lipinski definition) is 2. The summed E-state index contributed by atoms with van der Waals surface area (Å²) in [5, 5.41) is 2.22. The van der Waals surface area contributed by atoms with Gasteiger partial charge in [-0.05, 0) is 19.1 Å². The van der Waals surface area contributed by atoms with Gasteiger partial charge in [0, 0.05) is 0 Å². The van der Waals surface area contributed by atoms with Crippen molar-refractivity contribution in [1.82, 2.24) is 0 Å². The number of nitrogens with two attached hydrogens (primary N) is 1. The first-order valence-corrected chi connectivity index (χ1v) is 5.10. The van der Waals surface area contributed by atoms with Crippen LogP contribution in [0.4, 0.5) is 0 Å². The number of quaternary nitrogens is 1. The van der Waals surface area contributed by atoms with Crippen molar-refractivity contribution in [2.24, 2.45) is 0 Å². The molecule has 0 aromatic heterocycles. The first-order valence-electron chi connectivity index (χ1n) is 5.10. The summed E-state index contributed by atoms with van der Waals surface area (Å²) >= 11 is 0. The molecule has 3 nitrogen and oxygen atoms in total. The van der Waals surface area contributed by atoms with E-state index in [9.17, 15) is 0 Å². The molecule has 76 valence electrons. The SMILES string of the molecule is CC[NH2+]C[C@H]1COc2ccccc2O1. The first kappa shape index (κ1) is 9.34. The summed E-state index contributed by atoms with van der Waals surface area (Å²) in [6, 6.07) is 7.82. The summed E-state index contributed by atoms with van der Waals surface area (Å²) in [5.74, 6) is 1.73. The standard InChI is InChI=1S/C11H15NO2/c1-2-12-7-9-8-13-10-5-3-4-6-11(10)14-9/h3-6,9,12H,2,7-8H2,1H3/p+1/t9-/m0/s1. The Morgan fingerprint density at radius 2 is 2.14 bits per heavy atom. The second-order valence-corrected chi connectivity index (χ2v) is 3.43. The van der Waals surface area contributed by atoms with E-state index in [1.807, 2.05) is 24.3 Å². The predicted octanol–water partition coefficient (Wildman–Crippen LogP) is 0.410. The van der Waals surface area contributed by atoms with Gasteiger partial charge in [-0.15, -0.1) is 0 Å². The molecule has 0 unspecified atom stereocenters. The molecular weight excluding hydrogens is 178 g/mol. The lowest BCUT2D eigenvalue weighted by molar-refractivity contribution is -0.657. The summed E-state index contributed by atoms with van der Waals surface area (Å²) in [6.45, 7) is 4.84. The summed E-state index contributed by atoms with van der Waals surface area (Å²) in [5.41, 5.74) is 0. The van der Waals surface area contributed by atoms with Crippen molar-refractivity contribution in [3.8, 4) is 11.5 Å². The molecule has 1 atom stereocenters. The van der Waals surface area contributed by atoms with E-state index in [4.69, 9.17) is 9.47 Å². The van der Waals surface area contributed by atoms with Gasteiger partial charge in [0.05, 0.1) is 6.54 Å². The van der Waals surface area contributed by atoms with Gasteiger partial charge in [0.1, 0.15) is 13.2 Å². The fourth-order valence-corrected chi connectivity index (χ4v) is 1.53. The van der Waals surface area contributed by atoms with Crippen LogP contribution in [0.5, 0.6) is 11.5 Å². The van der Waals surface area contributed by atoms with Crippen LogP contribution in [0, 0.1) is 0 Å². The summed E-state index contributed by atoms with van der Waals surface area (Å²) in [6.07, 6.45) is 0.185. The zero-order chi connectivity index (χ0) is 9.80. The highest BCUT2D eigenvalue weighted by atomic mass is 16.6. The van der Waals surface area contributed by atoms with Crippen LogP contribution in [0.15, 0.2) is 24.3 Å². The van der Waals surface area contributed by atoms with Crippen molar-refractivity contribution in [1.29, 1.82) is 0 Å². The molecule has 1 aromatic rings. The average molecular weight is 194 g/mol. The van der Waals surface area contributed by atoms with E-state index in [2.05, 4.69) is 12.2 Å². The minimum atomic E-state index is 0.185. The summed E-state index contributed by atoms with van der Waals surface area (Å²) < 4.78 is 11.4. The van der Waals surface area contributed by atoms with Crippen LogP contribution in [0.2, 0.25) is 0 Å². The largest absolute Gasteiger partial charge is 0.486 e. The van der Waals surface area contributed by atoms with Crippen molar-refractivity contribution in [2.45, 2.75) is 13.0 Å². The Labute approximate surface area is 84.0 Å². The van der Waals surface area contributed by atoms with Gasteiger partial charge in [-0.3, -0.25) is 0 Å². The fraction of sp³-hybridized carbons (Fsp3) is 0.455. The van der Waals surface area contributed by atoms with Crippen LogP contribution < -0.4 is 14.8 Å². The zero-order valence-electron chi connectivity index (χ0n) is 8.40. The lowest BCUT2D eigenvalue weighted by atomic mass is 10.2. The summed E-state index contributed by atoms with van der Waals surface area (Å²) in [7, 11) is 0. The Morgan fingerprint density at radius 3 is 2.93 bits per heavy atom. The highest BCUT2D eigenvalue weighted by Gasteiger charge is 2.21. The first-order chi connectivity index (χ1) is 6.90. The predicted molar refractivity (Wildman–Crippen MR) is 53.7 cm³/mol. The molecule has 1 aromatic carbocycles. The molecule has 0 saturated carbocycles. The molecule has 3 heteroatoms. The lowest BCUT2D eigenvalue weighted by Gasteiger charge is -2.25. The number of rotatable bonds is 3. The molecule has 2 N–H and O–H groups in total. The van der Waals surface area contributed by atoms with Gasteiger partial charge >= 0.3 is 0 Å². The number of hydrogen-bond donors (Lipinski definition) is 1. The third-order valence-electron chi connectivity index (χ3n) is 2.29. The van der Waals surface area contributed by atoms with Gasteiger partial charge in [0.15, 0.2) is 17.6 Å².